The van der Waals surface area contributed by atoms with E-state index in [4.69, 9.17) is 11.6 Å². The molecular weight excluding hydrogens is 444 g/mol. The number of nitro groups is 2. The van der Waals surface area contributed by atoms with Crippen LogP contribution >= 0.6 is 22.9 Å². The van der Waals surface area contributed by atoms with Gasteiger partial charge in [0.05, 0.1) is 27.2 Å². The Morgan fingerprint density at radius 2 is 1.65 bits per heavy atom. The van der Waals surface area contributed by atoms with Crippen molar-refractivity contribution in [1.29, 1.82) is 0 Å². The average molecular weight is 461 g/mol. The minimum Gasteiger partial charge on any atom is -0.316 e. The third-order valence-electron chi connectivity index (χ3n) is 4.50. The molecule has 0 aliphatic rings. The SMILES string of the molecule is CCc1sc(=NC(=O)c2cc([N+](=O)[O-])cc([N+](=O)[O-])c2)n(CC)c1-c1ccc(Cl)cc1. The maximum absolute atomic E-state index is 12.8. The molecule has 0 spiro atoms. The van der Waals surface area contributed by atoms with Crippen LogP contribution in [0, 0.1) is 20.2 Å². The van der Waals surface area contributed by atoms with Crippen molar-refractivity contribution in [1.82, 2.24) is 4.57 Å². The summed E-state index contributed by atoms with van der Waals surface area (Å²) in [4.78, 5) is 39.0. The van der Waals surface area contributed by atoms with E-state index < -0.39 is 27.1 Å². The van der Waals surface area contributed by atoms with Crippen molar-refractivity contribution < 1.29 is 14.6 Å². The lowest BCUT2D eigenvalue weighted by Gasteiger charge is -2.08. The highest BCUT2D eigenvalue weighted by Gasteiger charge is 2.20. The zero-order valence-corrected chi connectivity index (χ0v) is 18.1. The van der Waals surface area contributed by atoms with Gasteiger partial charge in [0.15, 0.2) is 4.80 Å². The van der Waals surface area contributed by atoms with Gasteiger partial charge in [0, 0.05) is 28.6 Å². The zero-order chi connectivity index (χ0) is 22.7. The van der Waals surface area contributed by atoms with E-state index in [2.05, 4.69) is 4.99 Å². The summed E-state index contributed by atoms with van der Waals surface area (Å²) in [6.45, 7) is 4.42. The molecule has 9 nitrogen and oxygen atoms in total. The first-order chi connectivity index (χ1) is 14.7. The van der Waals surface area contributed by atoms with Gasteiger partial charge in [-0.2, -0.15) is 4.99 Å². The Balaban J connectivity index is 2.16. The summed E-state index contributed by atoms with van der Waals surface area (Å²) in [6, 6.07) is 10.1. The number of benzene rings is 2. The average Bonchev–Trinajstić information content (AvgIpc) is 3.10. The third-order valence-corrected chi connectivity index (χ3v) is 5.98. The van der Waals surface area contributed by atoms with Gasteiger partial charge in [-0.25, -0.2) is 0 Å². The van der Waals surface area contributed by atoms with Crippen LogP contribution in [0.5, 0.6) is 0 Å². The van der Waals surface area contributed by atoms with Gasteiger partial charge in [-0.1, -0.05) is 30.7 Å². The van der Waals surface area contributed by atoms with Crippen LogP contribution in [0.25, 0.3) is 11.3 Å². The number of hydrogen-bond donors (Lipinski definition) is 0. The Bertz CT molecular complexity index is 1220. The number of rotatable bonds is 6. The lowest BCUT2D eigenvalue weighted by molar-refractivity contribution is -0.394. The van der Waals surface area contributed by atoms with Crippen LogP contribution in [-0.2, 0) is 13.0 Å². The van der Waals surface area contributed by atoms with E-state index in [-0.39, 0.29) is 5.56 Å². The molecule has 3 aromatic rings. The molecule has 0 radical (unpaired) electrons. The highest BCUT2D eigenvalue weighted by Crippen LogP contribution is 2.28. The zero-order valence-electron chi connectivity index (χ0n) is 16.6. The summed E-state index contributed by atoms with van der Waals surface area (Å²) >= 11 is 7.32. The fraction of sp³-hybridized carbons (Fsp3) is 0.200. The van der Waals surface area contributed by atoms with Crippen LogP contribution in [0.2, 0.25) is 5.02 Å². The predicted octanol–water partition coefficient (Wildman–Crippen LogP) is 5.01. The number of aryl methyl sites for hydroxylation is 1. The molecule has 0 aliphatic carbocycles. The second kappa shape index (κ2) is 9.19. The van der Waals surface area contributed by atoms with Gasteiger partial charge in [0.2, 0.25) is 0 Å². The van der Waals surface area contributed by atoms with Gasteiger partial charge in [0.1, 0.15) is 0 Å². The van der Waals surface area contributed by atoms with Crippen molar-refractivity contribution in [2.45, 2.75) is 26.8 Å². The Morgan fingerprint density at radius 1 is 1.06 bits per heavy atom. The molecular formula is C20H17ClN4O5S. The summed E-state index contributed by atoms with van der Waals surface area (Å²) in [7, 11) is 0. The van der Waals surface area contributed by atoms with Crippen molar-refractivity contribution in [2.24, 2.45) is 4.99 Å². The number of thiazole rings is 1. The largest absolute Gasteiger partial charge is 0.316 e. The Hall–Kier alpha value is -3.37. The summed E-state index contributed by atoms with van der Waals surface area (Å²) in [5.41, 5.74) is 0.516. The molecule has 0 saturated heterocycles. The van der Waals surface area contributed by atoms with Crippen molar-refractivity contribution in [3.8, 4) is 11.3 Å². The first kappa shape index (κ1) is 22.3. The van der Waals surface area contributed by atoms with Crippen LogP contribution in [-0.4, -0.2) is 20.3 Å². The molecule has 0 aliphatic heterocycles. The molecule has 0 fully saturated rings. The van der Waals surface area contributed by atoms with Gasteiger partial charge >= 0.3 is 0 Å². The minimum atomic E-state index is -0.791. The smallest absolute Gasteiger partial charge is 0.280 e. The highest BCUT2D eigenvalue weighted by atomic mass is 35.5. The van der Waals surface area contributed by atoms with Gasteiger partial charge in [0.25, 0.3) is 17.3 Å². The topological polar surface area (TPSA) is 121 Å². The lowest BCUT2D eigenvalue weighted by atomic mass is 10.1. The van der Waals surface area contributed by atoms with E-state index in [0.717, 1.165) is 34.3 Å². The molecule has 0 unspecified atom stereocenters. The fourth-order valence-corrected chi connectivity index (χ4v) is 4.36. The van der Waals surface area contributed by atoms with E-state index >= 15 is 0 Å². The molecule has 160 valence electrons. The number of amides is 1. The first-order valence-corrected chi connectivity index (χ1v) is 10.5. The summed E-state index contributed by atoms with van der Waals surface area (Å²) in [6.07, 6.45) is 0.703. The van der Waals surface area contributed by atoms with Gasteiger partial charge in [-0.3, -0.25) is 25.0 Å². The van der Waals surface area contributed by atoms with E-state index in [0.29, 0.717) is 22.8 Å². The van der Waals surface area contributed by atoms with Crippen molar-refractivity contribution in [3.63, 3.8) is 0 Å². The third kappa shape index (κ3) is 4.70. The molecule has 1 heterocycles. The van der Waals surface area contributed by atoms with Crippen LogP contribution in [0.3, 0.4) is 0 Å². The molecule has 3 rings (SSSR count). The number of aromatic nitrogens is 1. The maximum Gasteiger partial charge on any atom is 0.280 e. The van der Waals surface area contributed by atoms with E-state index in [1.165, 1.54) is 11.3 Å². The number of nitro benzene ring substituents is 2. The van der Waals surface area contributed by atoms with Crippen LogP contribution in [0.15, 0.2) is 47.5 Å². The number of nitrogens with zero attached hydrogens (tertiary/aromatic N) is 4. The second-order valence-electron chi connectivity index (χ2n) is 6.43. The normalized spacial score (nSPS) is 11.5. The molecule has 1 aromatic heterocycles. The Labute approximate surface area is 185 Å². The number of carbonyl (C=O) groups is 1. The molecule has 11 heteroatoms. The predicted molar refractivity (Wildman–Crippen MR) is 117 cm³/mol. The van der Waals surface area contributed by atoms with E-state index in [1.807, 2.05) is 30.5 Å². The van der Waals surface area contributed by atoms with Crippen LogP contribution in [0.4, 0.5) is 11.4 Å². The van der Waals surface area contributed by atoms with Gasteiger partial charge < -0.3 is 4.57 Å². The number of halogens is 1. The molecule has 2 aromatic carbocycles. The number of non-ortho nitro benzene ring substituents is 2. The van der Waals surface area contributed by atoms with Crippen molar-refractivity contribution in [2.75, 3.05) is 0 Å². The van der Waals surface area contributed by atoms with Crippen LogP contribution in [0.1, 0.15) is 29.1 Å². The molecule has 0 atom stereocenters. The summed E-state index contributed by atoms with van der Waals surface area (Å²) < 4.78 is 1.87. The van der Waals surface area contributed by atoms with Crippen LogP contribution < -0.4 is 4.80 Å². The molecule has 0 saturated carbocycles. The number of hydrogen-bond acceptors (Lipinski definition) is 6. The number of carbonyl (C=O) groups excluding carboxylic acids is 1. The lowest BCUT2D eigenvalue weighted by Crippen LogP contribution is -2.17. The highest BCUT2D eigenvalue weighted by molar-refractivity contribution is 7.09. The van der Waals surface area contributed by atoms with Crippen molar-refractivity contribution in [3.05, 3.63) is 83.0 Å². The van der Waals surface area contributed by atoms with E-state index in [1.54, 1.807) is 12.1 Å². The summed E-state index contributed by atoms with van der Waals surface area (Å²) in [5, 5.41) is 22.8. The van der Waals surface area contributed by atoms with Crippen molar-refractivity contribution >= 4 is 40.2 Å². The molecule has 1 amide bonds. The standard InChI is InChI=1S/C20H17ClN4O5S/c1-3-17-18(12-5-7-14(21)8-6-12)23(4-2)20(31-17)22-19(26)13-9-15(24(27)28)11-16(10-13)25(29)30/h5-11H,3-4H2,1-2H3. The fourth-order valence-electron chi connectivity index (χ4n) is 3.08. The monoisotopic (exact) mass is 460 g/mol. The molecule has 0 bridgehead atoms. The molecule has 0 N–H and O–H groups in total. The van der Waals surface area contributed by atoms with Gasteiger partial charge in [-0.15, -0.1) is 11.3 Å². The quantitative estimate of drug-likeness (QED) is 0.378. The Kier molecular flexibility index (Phi) is 6.62. The first-order valence-electron chi connectivity index (χ1n) is 9.26. The van der Waals surface area contributed by atoms with E-state index in [9.17, 15) is 25.0 Å². The minimum absolute atomic E-state index is 0.219. The second-order valence-corrected chi connectivity index (χ2v) is 7.93. The Morgan fingerprint density at radius 3 is 2.13 bits per heavy atom. The summed E-state index contributed by atoms with van der Waals surface area (Å²) in [5.74, 6) is -0.791. The van der Waals surface area contributed by atoms with Gasteiger partial charge in [-0.05, 0) is 31.0 Å². The maximum atomic E-state index is 12.8. The molecule has 31 heavy (non-hydrogen) atoms.